The van der Waals surface area contributed by atoms with E-state index in [1.54, 1.807) is 24.3 Å². The molecule has 5 heteroatoms. The van der Waals surface area contributed by atoms with Gasteiger partial charge in [-0.2, -0.15) is 0 Å². The van der Waals surface area contributed by atoms with Gasteiger partial charge in [0, 0.05) is 0 Å². The lowest BCUT2D eigenvalue weighted by molar-refractivity contribution is -0.156. The standard InChI is InChI=1S/C20H25NO4/c1-12(2)14-9-8-13(3)10-17(14)25-18(22)11-21-19(23)15-6-4-5-7-16(15)20(21)24/h4-7,12-14,17H,8-11H2,1-3H3/t13-,14+,17+/m0/s1. The zero-order chi connectivity index (χ0) is 18.1. The van der Waals surface area contributed by atoms with Crippen LogP contribution in [0.4, 0.5) is 0 Å². The van der Waals surface area contributed by atoms with Crippen molar-refractivity contribution in [2.75, 3.05) is 6.54 Å². The molecule has 0 bridgehead atoms. The Bertz CT molecular complexity index is 662. The van der Waals surface area contributed by atoms with Gasteiger partial charge in [-0.3, -0.25) is 19.3 Å². The van der Waals surface area contributed by atoms with Crippen molar-refractivity contribution >= 4 is 17.8 Å². The lowest BCUT2D eigenvalue weighted by Crippen LogP contribution is -2.40. The minimum Gasteiger partial charge on any atom is -0.461 e. The third-order valence-electron chi connectivity index (χ3n) is 5.41. The Hall–Kier alpha value is -2.17. The molecule has 1 aliphatic carbocycles. The average Bonchev–Trinajstić information content (AvgIpc) is 2.80. The van der Waals surface area contributed by atoms with E-state index in [0.717, 1.165) is 24.2 Å². The molecule has 134 valence electrons. The van der Waals surface area contributed by atoms with Gasteiger partial charge in [-0.05, 0) is 42.7 Å². The Balaban J connectivity index is 1.67. The van der Waals surface area contributed by atoms with Crippen LogP contribution in [0.3, 0.4) is 0 Å². The van der Waals surface area contributed by atoms with Crippen molar-refractivity contribution in [3.8, 4) is 0 Å². The van der Waals surface area contributed by atoms with Gasteiger partial charge in [0.05, 0.1) is 11.1 Å². The van der Waals surface area contributed by atoms with Gasteiger partial charge in [0.15, 0.2) is 0 Å². The first kappa shape index (κ1) is 17.6. The van der Waals surface area contributed by atoms with Gasteiger partial charge < -0.3 is 4.74 Å². The first-order valence-electron chi connectivity index (χ1n) is 9.03. The fourth-order valence-electron chi connectivity index (χ4n) is 3.97. The van der Waals surface area contributed by atoms with Gasteiger partial charge in [0.2, 0.25) is 0 Å². The number of amides is 2. The lowest BCUT2D eigenvalue weighted by atomic mass is 9.75. The van der Waals surface area contributed by atoms with Crippen LogP contribution in [-0.2, 0) is 9.53 Å². The molecule has 3 rings (SSSR count). The number of nitrogens with zero attached hydrogens (tertiary/aromatic N) is 1. The fraction of sp³-hybridized carbons (Fsp3) is 0.550. The van der Waals surface area contributed by atoms with Gasteiger partial charge in [0.1, 0.15) is 12.6 Å². The zero-order valence-corrected chi connectivity index (χ0v) is 15.0. The first-order valence-corrected chi connectivity index (χ1v) is 9.03. The Labute approximate surface area is 148 Å². The number of hydrogen-bond donors (Lipinski definition) is 0. The first-order chi connectivity index (χ1) is 11.9. The molecule has 25 heavy (non-hydrogen) atoms. The molecular weight excluding hydrogens is 318 g/mol. The van der Waals surface area contributed by atoms with Crippen molar-refractivity contribution < 1.29 is 19.1 Å². The summed E-state index contributed by atoms with van der Waals surface area (Å²) in [7, 11) is 0. The maximum absolute atomic E-state index is 12.4. The maximum Gasteiger partial charge on any atom is 0.326 e. The van der Waals surface area contributed by atoms with Crippen molar-refractivity contribution in [2.45, 2.75) is 46.1 Å². The number of carbonyl (C=O) groups is 3. The van der Waals surface area contributed by atoms with E-state index in [2.05, 4.69) is 20.8 Å². The summed E-state index contributed by atoms with van der Waals surface area (Å²) in [5.41, 5.74) is 0.707. The quantitative estimate of drug-likeness (QED) is 0.622. The number of carbonyl (C=O) groups excluding carboxylic acids is 3. The van der Waals surface area contributed by atoms with E-state index < -0.39 is 17.8 Å². The molecule has 1 fully saturated rings. The topological polar surface area (TPSA) is 63.7 Å². The summed E-state index contributed by atoms with van der Waals surface area (Å²) in [5, 5.41) is 0. The third-order valence-corrected chi connectivity index (χ3v) is 5.41. The summed E-state index contributed by atoms with van der Waals surface area (Å²) in [6.07, 6.45) is 2.90. The van der Waals surface area contributed by atoms with Crippen LogP contribution < -0.4 is 0 Å². The fourth-order valence-corrected chi connectivity index (χ4v) is 3.97. The summed E-state index contributed by atoms with van der Waals surface area (Å²) >= 11 is 0. The molecule has 5 nitrogen and oxygen atoms in total. The molecule has 0 aromatic heterocycles. The third kappa shape index (κ3) is 3.46. The molecule has 1 aromatic carbocycles. The lowest BCUT2D eigenvalue weighted by Gasteiger charge is -2.36. The SMILES string of the molecule is CC(C)[C@H]1CC[C@H](C)C[C@H]1OC(=O)CN1C(=O)c2ccccc2C1=O. The predicted octanol–water partition coefficient (Wildman–Crippen LogP) is 3.29. The molecule has 2 aliphatic rings. The number of ether oxygens (including phenoxy) is 1. The van der Waals surface area contributed by atoms with Crippen LogP contribution in [0.2, 0.25) is 0 Å². The number of benzene rings is 1. The van der Waals surface area contributed by atoms with Gasteiger partial charge >= 0.3 is 5.97 Å². The highest BCUT2D eigenvalue weighted by molar-refractivity contribution is 6.22. The van der Waals surface area contributed by atoms with Crippen molar-refractivity contribution in [3.63, 3.8) is 0 Å². The minimum atomic E-state index is -0.501. The van der Waals surface area contributed by atoms with Crippen molar-refractivity contribution in [3.05, 3.63) is 35.4 Å². The second kappa shape index (κ2) is 6.98. The Morgan fingerprint density at radius 3 is 2.32 bits per heavy atom. The Morgan fingerprint density at radius 2 is 1.76 bits per heavy atom. The van der Waals surface area contributed by atoms with Crippen LogP contribution >= 0.6 is 0 Å². The van der Waals surface area contributed by atoms with Crippen LogP contribution in [0.1, 0.15) is 60.7 Å². The van der Waals surface area contributed by atoms with Gasteiger partial charge in [-0.25, -0.2) is 0 Å². The van der Waals surface area contributed by atoms with Gasteiger partial charge in [-0.15, -0.1) is 0 Å². The highest BCUT2D eigenvalue weighted by atomic mass is 16.5. The van der Waals surface area contributed by atoms with E-state index in [0.29, 0.717) is 28.9 Å². The summed E-state index contributed by atoms with van der Waals surface area (Å²) < 4.78 is 5.71. The molecule has 1 aromatic rings. The molecule has 1 saturated carbocycles. The van der Waals surface area contributed by atoms with E-state index in [-0.39, 0.29) is 12.6 Å². The molecule has 0 unspecified atom stereocenters. The van der Waals surface area contributed by atoms with Crippen molar-refractivity contribution in [2.24, 2.45) is 17.8 Å². The zero-order valence-electron chi connectivity index (χ0n) is 15.0. The molecule has 2 amide bonds. The van der Waals surface area contributed by atoms with Crippen LogP contribution in [0.5, 0.6) is 0 Å². The summed E-state index contributed by atoms with van der Waals surface area (Å²) in [6.45, 7) is 6.14. The maximum atomic E-state index is 12.4. The number of esters is 1. The number of fused-ring (bicyclic) bond motifs is 1. The van der Waals surface area contributed by atoms with Crippen LogP contribution in [0, 0.1) is 17.8 Å². The largest absolute Gasteiger partial charge is 0.461 e. The average molecular weight is 343 g/mol. The highest BCUT2D eigenvalue weighted by Gasteiger charge is 2.38. The molecule has 0 radical (unpaired) electrons. The Kier molecular flexibility index (Phi) is 4.93. The van der Waals surface area contributed by atoms with E-state index in [9.17, 15) is 14.4 Å². The summed E-state index contributed by atoms with van der Waals surface area (Å²) in [4.78, 5) is 38.1. The Morgan fingerprint density at radius 1 is 1.16 bits per heavy atom. The summed E-state index contributed by atoms with van der Waals surface area (Å²) in [6, 6.07) is 6.64. The number of hydrogen-bond acceptors (Lipinski definition) is 4. The summed E-state index contributed by atoms with van der Waals surface area (Å²) in [5.74, 6) is -0.0526. The van der Waals surface area contributed by atoms with Crippen molar-refractivity contribution in [1.82, 2.24) is 4.90 Å². The van der Waals surface area contributed by atoms with Crippen LogP contribution in [0.15, 0.2) is 24.3 Å². The molecule has 0 spiro atoms. The smallest absolute Gasteiger partial charge is 0.326 e. The van der Waals surface area contributed by atoms with E-state index in [1.807, 2.05) is 0 Å². The second-order valence-electron chi connectivity index (χ2n) is 7.60. The van der Waals surface area contributed by atoms with E-state index in [1.165, 1.54) is 0 Å². The molecule has 1 aliphatic heterocycles. The molecule has 0 saturated heterocycles. The van der Waals surface area contributed by atoms with Crippen LogP contribution in [0.25, 0.3) is 0 Å². The highest BCUT2D eigenvalue weighted by Crippen LogP contribution is 2.35. The van der Waals surface area contributed by atoms with Crippen molar-refractivity contribution in [1.29, 1.82) is 0 Å². The second-order valence-corrected chi connectivity index (χ2v) is 7.60. The number of rotatable bonds is 4. The predicted molar refractivity (Wildman–Crippen MR) is 93.0 cm³/mol. The molecule has 3 atom stereocenters. The van der Waals surface area contributed by atoms with Crippen LogP contribution in [-0.4, -0.2) is 35.3 Å². The number of imide groups is 1. The van der Waals surface area contributed by atoms with Gasteiger partial charge in [-0.1, -0.05) is 39.3 Å². The molecule has 0 N–H and O–H groups in total. The molecular formula is C20H25NO4. The van der Waals surface area contributed by atoms with Gasteiger partial charge in [0.25, 0.3) is 11.8 Å². The van der Waals surface area contributed by atoms with E-state index in [4.69, 9.17) is 4.74 Å². The monoisotopic (exact) mass is 343 g/mol. The normalized spacial score (nSPS) is 26.1. The molecule has 1 heterocycles. The van der Waals surface area contributed by atoms with E-state index >= 15 is 0 Å². The minimum absolute atomic E-state index is 0.133.